The van der Waals surface area contributed by atoms with Crippen LogP contribution in [-0.4, -0.2) is 49.1 Å². The summed E-state index contributed by atoms with van der Waals surface area (Å²) in [5.74, 6) is -0.165. The molecule has 4 aromatic rings. The maximum absolute atomic E-state index is 13.1. The van der Waals surface area contributed by atoms with Crippen molar-refractivity contribution in [1.82, 2.24) is 0 Å². The zero-order valence-electron chi connectivity index (χ0n) is 24.5. The zero-order valence-corrected chi connectivity index (χ0v) is 24.5. The fourth-order valence-corrected chi connectivity index (χ4v) is 4.61. The van der Waals surface area contributed by atoms with Gasteiger partial charge in [-0.25, -0.2) is 4.79 Å². The van der Waals surface area contributed by atoms with Gasteiger partial charge in [0, 0.05) is 40.9 Å². The monoisotopic (exact) mass is 580 g/mol. The number of aliphatic carboxylic acids is 1. The van der Waals surface area contributed by atoms with Gasteiger partial charge < -0.3 is 24.8 Å². The van der Waals surface area contributed by atoms with E-state index in [1.165, 1.54) is 0 Å². The fourth-order valence-electron chi connectivity index (χ4n) is 4.61. The molecule has 1 atom stereocenters. The average Bonchev–Trinajstić information content (AvgIpc) is 3.03. The Morgan fingerprint density at radius 2 is 1.53 bits per heavy atom. The van der Waals surface area contributed by atoms with Crippen molar-refractivity contribution in [2.24, 2.45) is 5.92 Å². The first-order chi connectivity index (χ1) is 20.8. The lowest BCUT2D eigenvalue weighted by Gasteiger charge is -2.25. The molecule has 43 heavy (non-hydrogen) atoms. The second-order valence-electron chi connectivity index (χ2n) is 10.3. The largest absolute Gasteiger partial charge is 0.497 e. The molecular weight excluding hydrogens is 544 g/mol. The normalized spacial score (nSPS) is 11.4. The second kappa shape index (κ2) is 14.7. The minimum Gasteiger partial charge on any atom is -0.497 e. The quantitative estimate of drug-likeness (QED) is 0.174. The topological polar surface area (TPSA) is 105 Å². The van der Waals surface area contributed by atoms with Crippen molar-refractivity contribution in [3.8, 4) is 11.5 Å². The molecule has 4 rings (SSSR count). The molecule has 2 N–H and O–H groups in total. The van der Waals surface area contributed by atoms with Crippen LogP contribution < -0.4 is 19.7 Å². The van der Waals surface area contributed by atoms with Gasteiger partial charge in [-0.1, -0.05) is 74.5 Å². The van der Waals surface area contributed by atoms with Crippen molar-refractivity contribution < 1.29 is 29.0 Å². The molecule has 0 saturated carbocycles. The Morgan fingerprint density at radius 1 is 0.837 bits per heavy atom. The van der Waals surface area contributed by atoms with Gasteiger partial charge >= 0.3 is 5.97 Å². The maximum atomic E-state index is 13.1. The number of ether oxygens (including phenoxy) is 2. The molecule has 0 aromatic heterocycles. The Hall–Kier alpha value is -5.11. The molecule has 1 amide bonds. The molecule has 1 unspecified atom stereocenters. The van der Waals surface area contributed by atoms with Crippen LogP contribution in [0.2, 0.25) is 0 Å². The predicted molar refractivity (Wildman–Crippen MR) is 167 cm³/mol. The van der Waals surface area contributed by atoms with E-state index >= 15 is 0 Å². The van der Waals surface area contributed by atoms with Crippen LogP contribution >= 0.6 is 0 Å². The Balaban J connectivity index is 1.40. The van der Waals surface area contributed by atoms with Crippen LogP contribution in [0.5, 0.6) is 11.5 Å². The Kier molecular flexibility index (Phi) is 10.5. The summed E-state index contributed by atoms with van der Waals surface area (Å²) >= 11 is 0. The summed E-state index contributed by atoms with van der Waals surface area (Å²) < 4.78 is 11.3. The third kappa shape index (κ3) is 8.23. The van der Waals surface area contributed by atoms with Crippen LogP contribution in [0.3, 0.4) is 0 Å². The van der Waals surface area contributed by atoms with Crippen molar-refractivity contribution in [2.45, 2.75) is 26.3 Å². The molecule has 0 spiro atoms. The van der Waals surface area contributed by atoms with E-state index in [9.17, 15) is 19.5 Å². The van der Waals surface area contributed by atoms with E-state index in [0.717, 1.165) is 11.3 Å². The number of carboxylic acid groups (broad SMARTS) is 1. The van der Waals surface area contributed by atoms with Gasteiger partial charge in [-0.2, -0.15) is 0 Å². The van der Waals surface area contributed by atoms with Crippen LogP contribution in [0.25, 0.3) is 0 Å². The van der Waals surface area contributed by atoms with Crippen molar-refractivity contribution in [3.63, 3.8) is 0 Å². The van der Waals surface area contributed by atoms with E-state index in [1.54, 1.807) is 72.7 Å². The molecule has 0 aliphatic carbocycles. The summed E-state index contributed by atoms with van der Waals surface area (Å²) in [6, 6.07) is 29.4. The highest BCUT2D eigenvalue weighted by atomic mass is 16.5. The van der Waals surface area contributed by atoms with E-state index in [0.29, 0.717) is 34.9 Å². The molecule has 222 valence electrons. The highest BCUT2D eigenvalue weighted by Crippen LogP contribution is 2.24. The van der Waals surface area contributed by atoms with E-state index in [-0.39, 0.29) is 30.6 Å². The maximum Gasteiger partial charge on any atom is 0.326 e. The van der Waals surface area contributed by atoms with Crippen molar-refractivity contribution in [1.29, 1.82) is 0 Å². The molecule has 0 aliphatic heterocycles. The van der Waals surface area contributed by atoms with Gasteiger partial charge in [0.15, 0.2) is 5.78 Å². The molecule has 0 aliphatic rings. The van der Waals surface area contributed by atoms with Crippen LogP contribution in [0.4, 0.5) is 11.4 Å². The number of para-hydroxylation sites is 1. The average molecular weight is 581 g/mol. The Morgan fingerprint density at radius 3 is 2.21 bits per heavy atom. The molecular formula is C35H36N2O6. The van der Waals surface area contributed by atoms with Gasteiger partial charge in [-0.3, -0.25) is 9.59 Å². The molecule has 0 radical (unpaired) electrons. The van der Waals surface area contributed by atoms with E-state index in [2.05, 4.69) is 5.32 Å². The number of anilines is 2. The van der Waals surface area contributed by atoms with Gasteiger partial charge in [-0.05, 0) is 42.0 Å². The van der Waals surface area contributed by atoms with Gasteiger partial charge in [0.25, 0.3) is 0 Å². The summed E-state index contributed by atoms with van der Waals surface area (Å²) in [4.78, 5) is 39.9. The van der Waals surface area contributed by atoms with Gasteiger partial charge in [0.2, 0.25) is 5.91 Å². The molecule has 0 heterocycles. The molecule has 0 fully saturated rings. The SMILES string of the molecule is COc1cccc(N(CCOc2ccc(CC(Nc3ccccc3C(=O)c3ccccc3)C(=O)O)cc2)C(=O)C(C)C)c1. The smallest absolute Gasteiger partial charge is 0.326 e. The van der Waals surface area contributed by atoms with Gasteiger partial charge in [-0.15, -0.1) is 0 Å². The lowest BCUT2D eigenvalue weighted by atomic mass is 10.00. The number of carbonyl (C=O) groups is 3. The highest BCUT2D eigenvalue weighted by Gasteiger charge is 2.22. The number of carbonyl (C=O) groups excluding carboxylic acids is 2. The molecule has 0 saturated heterocycles. The van der Waals surface area contributed by atoms with Crippen molar-refractivity contribution in [3.05, 3.63) is 120 Å². The van der Waals surface area contributed by atoms with E-state index < -0.39 is 12.0 Å². The zero-order chi connectivity index (χ0) is 30.8. The highest BCUT2D eigenvalue weighted by molar-refractivity contribution is 6.12. The lowest BCUT2D eigenvalue weighted by molar-refractivity contribution is -0.137. The van der Waals surface area contributed by atoms with Crippen LogP contribution in [0, 0.1) is 5.92 Å². The second-order valence-corrected chi connectivity index (χ2v) is 10.3. The standard InChI is InChI=1S/C35H36N2O6/c1-24(2)34(39)37(27-12-9-13-29(23-27)42-3)20-21-43-28-18-16-25(17-19-28)22-32(35(40)41)36-31-15-8-7-14-30(31)33(38)26-10-5-4-6-11-26/h4-19,23-24,32,36H,20-22H2,1-3H3,(H,40,41). The first-order valence-electron chi connectivity index (χ1n) is 14.1. The first-order valence-corrected chi connectivity index (χ1v) is 14.1. The number of amides is 1. The van der Waals surface area contributed by atoms with Gasteiger partial charge in [0.1, 0.15) is 24.1 Å². The number of rotatable bonds is 14. The number of ketones is 1. The number of hydrogen-bond acceptors (Lipinski definition) is 6. The number of hydrogen-bond donors (Lipinski definition) is 2. The number of methoxy groups -OCH3 is 1. The van der Waals surface area contributed by atoms with Crippen LogP contribution in [0.15, 0.2) is 103 Å². The summed E-state index contributed by atoms with van der Waals surface area (Å²) in [7, 11) is 1.58. The molecule has 8 nitrogen and oxygen atoms in total. The van der Waals surface area contributed by atoms with Crippen molar-refractivity contribution >= 4 is 29.0 Å². The molecule has 8 heteroatoms. The van der Waals surface area contributed by atoms with Crippen molar-refractivity contribution in [2.75, 3.05) is 30.5 Å². The number of carboxylic acids is 1. The number of benzene rings is 4. The van der Waals surface area contributed by atoms with Gasteiger partial charge in [0.05, 0.1) is 13.7 Å². The minimum absolute atomic E-state index is 0.0218. The Bertz CT molecular complexity index is 1540. The van der Waals surface area contributed by atoms with Crippen LogP contribution in [0.1, 0.15) is 35.3 Å². The molecule has 4 aromatic carbocycles. The third-order valence-electron chi connectivity index (χ3n) is 6.91. The summed E-state index contributed by atoms with van der Waals surface area (Å²) in [6.45, 7) is 4.32. The summed E-state index contributed by atoms with van der Waals surface area (Å²) in [5, 5.41) is 13.0. The van der Waals surface area contributed by atoms with E-state index in [1.807, 2.05) is 56.3 Å². The minimum atomic E-state index is -1.03. The first kappa shape index (κ1) is 30.8. The summed E-state index contributed by atoms with van der Waals surface area (Å²) in [6.07, 6.45) is 0.190. The van der Waals surface area contributed by atoms with Crippen LogP contribution in [-0.2, 0) is 16.0 Å². The molecule has 0 bridgehead atoms. The number of nitrogens with zero attached hydrogens (tertiary/aromatic N) is 1. The summed E-state index contributed by atoms with van der Waals surface area (Å²) in [5.41, 5.74) is 2.91. The predicted octanol–water partition coefficient (Wildman–Crippen LogP) is 6.10. The fraction of sp³-hybridized carbons (Fsp3) is 0.229. The van der Waals surface area contributed by atoms with E-state index in [4.69, 9.17) is 9.47 Å². The number of nitrogens with one attached hydrogen (secondary N) is 1. The third-order valence-corrected chi connectivity index (χ3v) is 6.91. The lowest BCUT2D eigenvalue weighted by Crippen LogP contribution is -2.37. The Labute approximate surface area is 251 Å².